The standard InChI is InChI=1S/C16H21BrN4O4S/c1-12(15(22)21-7-6-18-16(21)23)19-8-10-20(11-9-19)26(24,25)14-4-2-13(17)3-5-14/h2-5,12H,6-11H2,1H3,(H,18,23)/t12-/m1/s1. The molecule has 0 aliphatic carbocycles. The van der Waals surface area contributed by atoms with Crippen LogP contribution in [0.3, 0.4) is 0 Å². The normalized spacial score (nSPS) is 20.8. The maximum absolute atomic E-state index is 12.7. The molecule has 1 atom stereocenters. The van der Waals surface area contributed by atoms with Crippen LogP contribution in [0.5, 0.6) is 0 Å². The minimum atomic E-state index is -3.55. The molecule has 1 aromatic rings. The Labute approximate surface area is 161 Å². The molecule has 0 unspecified atom stereocenters. The van der Waals surface area contributed by atoms with Gasteiger partial charge < -0.3 is 5.32 Å². The van der Waals surface area contributed by atoms with Crippen molar-refractivity contribution in [2.45, 2.75) is 17.9 Å². The van der Waals surface area contributed by atoms with E-state index < -0.39 is 16.1 Å². The third kappa shape index (κ3) is 3.78. The van der Waals surface area contributed by atoms with E-state index in [2.05, 4.69) is 21.2 Å². The Balaban J connectivity index is 1.62. The number of imide groups is 1. The van der Waals surface area contributed by atoms with Crippen molar-refractivity contribution in [2.24, 2.45) is 0 Å². The number of sulfonamides is 1. The lowest BCUT2D eigenvalue weighted by Gasteiger charge is -2.37. The topological polar surface area (TPSA) is 90.0 Å². The van der Waals surface area contributed by atoms with Gasteiger partial charge in [0.25, 0.3) is 0 Å². The molecule has 0 saturated carbocycles. The zero-order valence-electron chi connectivity index (χ0n) is 14.4. The molecular weight excluding hydrogens is 424 g/mol. The Kier molecular flexibility index (Phi) is 5.66. The lowest BCUT2D eigenvalue weighted by atomic mass is 10.2. The zero-order chi connectivity index (χ0) is 18.9. The first-order chi connectivity index (χ1) is 12.3. The Bertz CT molecular complexity index is 791. The second kappa shape index (κ2) is 7.63. The van der Waals surface area contributed by atoms with Crippen LogP contribution in [0.1, 0.15) is 6.92 Å². The van der Waals surface area contributed by atoms with Crippen molar-refractivity contribution < 1.29 is 18.0 Å². The Morgan fingerprint density at radius 1 is 1.12 bits per heavy atom. The smallest absolute Gasteiger partial charge is 0.324 e. The number of hydrogen-bond donors (Lipinski definition) is 1. The highest BCUT2D eigenvalue weighted by Crippen LogP contribution is 2.21. The van der Waals surface area contributed by atoms with Gasteiger partial charge in [-0.05, 0) is 31.2 Å². The average Bonchev–Trinajstić information content (AvgIpc) is 3.07. The number of halogens is 1. The summed E-state index contributed by atoms with van der Waals surface area (Å²) in [4.78, 5) is 27.5. The van der Waals surface area contributed by atoms with E-state index in [-0.39, 0.29) is 16.8 Å². The summed E-state index contributed by atoms with van der Waals surface area (Å²) in [5, 5.41) is 2.61. The van der Waals surface area contributed by atoms with E-state index in [1.807, 2.05) is 4.90 Å². The van der Waals surface area contributed by atoms with E-state index in [1.165, 1.54) is 9.21 Å². The van der Waals surface area contributed by atoms with Gasteiger partial charge in [0.1, 0.15) is 0 Å². The van der Waals surface area contributed by atoms with Crippen LogP contribution in [-0.2, 0) is 14.8 Å². The number of hydrogen-bond acceptors (Lipinski definition) is 5. The largest absolute Gasteiger partial charge is 0.336 e. The molecule has 2 aliphatic rings. The van der Waals surface area contributed by atoms with Crippen molar-refractivity contribution in [1.82, 2.24) is 19.4 Å². The van der Waals surface area contributed by atoms with Gasteiger partial charge in [-0.1, -0.05) is 15.9 Å². The van der Waals surface area contributed by atoms with Crippen LogP contribution in [-0.4, -0.2) is 79.8 Å². The van der Waals surface area contributed by atoms with E-state index in [1.54, 1.807) is 31.2 Å². The van der Waals surface area contributed by atoms with Gasteiger partial charge >= 0.3 is 6.03 Å². The first kappa shape index (κ1) is 19.3. The van der Waals surface area contributed by atoms with Crippen molar-refractivity contribution in [3.63, 3.8) is 0 Å². The van der Waals surface area contributed by atoms with Crippen molar-refractivity contribution in [2.75, 3.05) is 39.3 Å². The van der Waals surface area contributed by atoms with Gasteiger partial charge in [-0.15, -0.1) is 0 Å². The molecule has 0 radical (unpaired) electrons. The summed E-state index contributed by atoms with van der Waals surface area (Å²) in [5.74, 6) is -0.246. The molecule has 2 saturated heterocycles. The molecule has 142 valence electrons. The van der Waals surface area contributed by atoms with Gasteiger partial charge in [-0.3, -0.25) is 14.6 Å². The fourth-order valence-corrected chi connectivity index (χ4v) is 4.84. The number of nitrogens with zero attached hydrogens (tertiary/aromatic N) is 3. The molecule has 0 bridgehead atoms. The second-order valence-corrected chi connectivity index (χ2v) is 9.15. The number of amides is 3. The molecule has 2 fully saturated rings. The maximum atomic E-state index is 12.7. The molecule has 0 spiro atoms. The van der Waals surface area contributed by atoms with Gasteiger partial charge in [0.15, 0.2) is 0 Å². The lowest BCUT2D eigenvalue weighted by molar-refractivity contribution is -0.133. The molecule has 1 N–H and O–H groups in total. The first-order valence-electron chi connectivity index (χ1n) is 8.39. The number of carbonyl (C=O) groups excluding carboxylic acids is 2. The predicted molar refractivity (Wildman–Crippen MR) is 99.0 cm³/mol. The SMILES string of the molecule is C[C@H](C(=O)N1CCNC1=O)N1CCN(S(=O)(=O)c2ccc(Br)cc2)CC1. The maximum Gasteiger partial charge on any atom is 0.324 e. The Morgan fingerprint density at radius 3 is 2.27 bits per heavy atom. The monoisotopic (exact) mass is 444 g/mol. The fraction of sp³-hybridized carbons (Fsp3) is 0.500. The minimum absolute atomic E-state index is 0.246. The van der Waals surface area contributed by atoms with Crippen LogP contribution in [0.25, 0.3) is 0 Å². The highest BCUT2D eigenvalue weighted by atomic mass is 79.9. The van der Waals surface area contributed by atoms with Gasteiger partial charge in [-0.25, -0.2) is 13.2 Å². The predicted octanol–water partition coefficient (Wildman–Crippen LogP) is 0.696. The van der Waals surface area contributed by atoms with Gasteiger partial charge in [-0.2, -0.15) is 4.31 Å². The van der Waals surface area contributed by atoms with Crippen molar-refractivity contribution in [3.05, 3.63) is 28.7 Å². The van der Waals surface area contributed by atoms with Gasteiger partial charge in [0, 0.05) is 43.7 Å². The molecule has 2 aliphatic heterocycles. The number of carbonyl (C=O) groups is 2. The molecule has 26 heavy (non-hydrogen) atoms. The van der Waals surface area contributed by atoms with E-state index in [9.17, 15) is 18.0 Å². The minimum Gasteiger partial charge on any atom is -0.336 e. The Hall–Kier alpha value is -1.49. The van der Waals surface area contributed by atoms with E-state index >= 15 is 0 Å². The third-order valence-electron chi connectivity index (χ3n) is 4.75. The Morgan fingerprint density at radius 2 is 1.73 bits per heavy atom. The number of nitrogens with one attached hydrogen (secondary N) is 1. The number of benzene rings is 1. The fourth-order valence-electron chi connectivity index (χ4n) is 3.15. The second-order valence-electron chi connectivity index (χ2n) is 6.29. The summed E-state index contributed by atoms with van der Waals surface area (Å²) in [6.07, 6.45) is 0. The van der Waals surface area contributed by atoms with Gasteiger partial charge in [0.05, 0.1) is 10.9 Å². The van der Waals surface area contributed by atoms with Crippen LogP contribution in [0.15, 0.2) is 33.6 Å². The highest BCUT2D eigenvalue weighted by molar-refractivity contribution is 9.10. The van der Waals surface area contributed by atoms with Crippen LogP contribution in [0, 0.1) is 0 Å². The van der Waals surface area contributed by atoms with Crippen molar-refractivity contribution in [3.8, 4) is 0 Å². The molecular formula is C16H21BrN4O4S. The summed E-state index contributed by atoms with van der Waals surface area (Å²) in [7, 11) is -3.55. The number of urea groups is 1. The van der Waals surface area contributed by atoms with Crippen LogP contribution >= 0.6 is 15.9 Å². The molecule has 8 nitrogen and oxygen atoms in total. The average molecular weight is 445 g/mol. The lowest BCUT2D eigenvalue weighted by Crippen LogP contribution is -2.55. The summed E-state index contributed by atoms with van der Waals surface area (Å²) >= 11 is 3.30. The van der Waals surface area contributed by atoms with E-state index in [4.69, 9.17) is 0 Å². The molecule has 1 aromatic carbocycles. The summed E-state index contributed by atoms with van der Waals surface area (Å²) in [5.41, 5.74) is 0. The zero-order valence-corrected chi connectivity index (χ0v) is 16.8. The molecule has 3 amide bonds. The molecule has 10 heteroatoms. The quantitative estimate of drug-likeness (QED) is 0.737. The van der Waals surface area contributed by atoms with Crippen LogP contribution < -0.4 is 5.32 Å². The van der Waals surface area contributed by atoms with E-state index in [0.29, 0.717) is 39.3 Å². The third-order valence-corrected chi connectivity index (χ3v) is 7.19. The molecule has 3 rings (SSSR count). The first-order valence-corrected chi connectivity index (χ1v) is 10.6. The summed E-state index contributed by atoms with van der Waals surface area (Å²) < 4.78 is 27.7. The van der Waals surface area contributed by atoms with Crippen LogP contribution in [0.4, 0.5) is 4.79 Å². The van der Waals surface area contributed by atoms with Crippen LogP contribution in [0.2, 0.25) is 0 Å². The van der Waals surface area contributed by atoms with E-state index in [0.717, 1.165) is 4.47 Å². The van der Waals surface area contributed by atoms with Crippen molar-refractivity contribution >= 4 is 37.9 Å². The highest BCUT2D eigenvalue weighted by Gasteiger charge is 2.35. The molecule has 0 aromatic heterocycles. The van der Waals surface area contributed by atoms with Crippen molar-refractivity contribution in [1.29, 1.82) is 0 Å². The van der Waals surface area contributed by atoms with Gasteiger partial charge in [0.2, 0.25) is 15.9 Å². The summed E-state index contributed by atoms with van der Waals surface area (Å²) in [6, 6.07) is 5.72. The number of piperazine rings is 1. The molecule has 2 heterocycles. The summed E-state index contributed by atoms with van der Waals surface area (Å²) in [6.45, 7) is 4.10. The number of rotatable bonds is 4.